The molecule has 0 heterocycles. The molecular weight excluding hydrogens is 266 g/mol. The van der Waals surface area contributed by atoms with Gasteiger partial charge in [0.05, 0.1) is 4.47 Å². The molecule has 3 heteroatoms. The summed E-state index contributed by atoms with van der Waals surface area (Å²) in [5.41, 5.74) is 1.34. The van der Waals surface area contributed by atoms with Crippen molar-refractivity contribution >= 4 is 15.9 Å². The van der Waals surface area contributed by atoms with Crippen molar-refractivity contribution in [1.82, 2.24) is 5.32 Å². The van der Waals surface area contributed by atoms with E-state index < -0.39 is 0 Å². The summed E-state index contributed by atoms with van der Waals surface area (Å²) in [6, 6.07) is 5.60. The number of rotatable bonds is 5. The summed E-state index contributed by atoms with van der Waals surface area (Å²) >= 11 is 3.32. The van der Waals surface area contributed by atoms with Crippen molar-refractivity contribution < 1.29 is 5.11 Å². The number of hydrogen-bond acceptors (Lipinski definition) is 2. The summed E-state index contributed by atoms with van der Waals surface area (Å²) in [5.74, 6) is 0.288. The van der Waals surface area contributed by atoms with Crippen molar-refractivity contribution in [3.63, 3.8) is 0 Å². The van der Waals surface area contributed by atoms with Gasteiger partial charge in [-0.25, -0.2) is 0 Å². The number of phenolic OH excluding ortho intramolecular Hbond substituents is 1. The van der Waals surface area contributed by atoms with Gasteiger partial charge in [0, 0.05) is 12.1 Å². The number of aromatic hydroxyl groups is 1. The Hall–Kier alpha value is -0.540. The second-order valence-electron chi connectivity index (χ2n) is 4.77. The molecular formula is C13H20BrNO. The monoisotopic (exact) mass is 285 g/mol. The molecule has 0 atom stereocenters. The van der Waals surface area contributed by atoms with Gasteiger partial charge < -0.3 is 10.4 Å². The highest BCUT2D eigenvalue weighted by atomic mass is 79.9. The molecule has 0 bridgehead atoms. The van der Waals surface area contributed by atoms with Gasteiger partial charge in [-0.3, -0.25) is 0 Å². The molecule has 90 valence electrons. The Morgan fingerprint density at radius 2 is 2.06 bits per heavy atom. The summed E-state index contributed by atoms with van der Waals surface area (Å²) in [5, 5.41) is 12.9. The van der Waals surface area contributed by atoms with E-state index in [9.17, 15) is 5.11 Å². The first-order valence-electron chi connectivity index (χ1n) is 5.67. The first kappa shape index (κ1) is 13.5. The van der Waals surface area contributed by atoms with E-state index in [-0.39, 0.29) is 11.3 Å². The molecule has 0 saturated heterocycles. The smallest absolute Gasteiger partial charge is 0.129 e. The van der Waals surface area contributed by atoms with Gasteiger partial charge >= 0.3 is 0 Å². The Bertz CT molecular complexity index is 350. The van der Waals surface area contributed by atoms with E-state index >= 15 is 0 Å². The predicted molar refractivity (Wildman–Crippen MR) is 71.6 cm³/mol. The van der Waals surface area contributed by atoms with E-state index in [1.807, 2.05) is 12.1 Å². The summed E-state index contributed by atoms with van der Waals surface area (Å²) in [4.78, 5) is 0. The largest absolute Gasteiger partial charge is 0.507 e. The van der Waals surface area contributed by atoms with Crippen molar-refractivity contribution in [2.24, 2.45) is 0 Å². The van der Waals surface area contributed by atoms with Crippen LogP contribution in [0.25, 0.3) is 0 Å². The Balaban J connectivity index is 2.57. The molecule has 0 aliphatic heterocycles. The number of nitrogens with one attached hydrogen (secondary N) is 1. The minimum Gasteiger partial charge on any atom is -0.507 e. The Morgan fingerprint density at radius 3 is 2.62 bits per heavy atom. The lowest BCUT2D eigenvalue weighted by atomic mass is 9.98. The highest BCUT2D eigenvalue weighted by Crippen LogP contribution is 2.24. The molecule has 0 aliphatic carbocycles. The molecule has 0 fully saturated rings. The average Bonchev–Trinajstić information content (AvgIpc) is 2.20. The van der Waals surface area contributed by atoms with Crippen molar-refractivity contribution in [1.29, 1.82) is 0 Å². The van der Waals surface area contributed by atoms with E-state index in [4.69, 9.17) is 0 Å². The summed E-state index contributed by atoms with van der Waals surface area (Å²) in [6.45, 7) is 7.45. The van der Waals surface area contributed by atoms with Crippen LogP contribution in [0.15, 0.2) is 22.7 Å². The summed E-state index contributed by atoms with van der Waals surface area (Å²) in [7, 11) is 0. The van der Waals surface area contributed by atoms with Crippen molar-refractivity contribution in [3.05, 3.63) is 28.2 Å². The van der Waals surface area contributed by atoms with E-state index in [0.29, 0.717) is 0 Å². The Kier molecular flexibility index (Phi) is 4.81. The van der Waals surface area contributed by atoms with Crippen molar-refractivity contribution in [3.8, 4) is 5.75 Å². The molecule has 0 unspecified atom stereocenters. The van der Waals surface area contributed by atoms with Crippen LogP contribution in [0.4, 0.5) is 0 Å². The standard InChI is InChI=1S/C13H20BrNO/c1-4-7-13(2,3)15-9-10-5-6-12(16)11(14)8-10/h5-6,8,15-16H,4,7,9H2,1-3H3. The molecule has 1 rings (SSSR count). The van der Waals surface area contributed by atoms with Gasteiger partial charge in [-0.1, -0.05) is 19.4 Å². The van der Waals surface area contributed by atoms with Crippen LogP contribution < -0.4 is 5.32 Å². The maximum absolute atomic E-state index is 9.39. The van der Waals surface area contributed by atoms with Gasteiger partial charge in [-0.05, 0) is 53.9 Å². The van der Waals surface area contributed by atoms with Gasteiger partial charge in [0.2, 0.25) is 0 Å². The van der Waals surface area contributed by atoms with Gasteiger partial charge in [0.1, 0.15) is 5.75 Å². The molecule has 0 aromatic heterocycles. The second kappa shape index (κ2) is 5.69. The fourth-order valence-corrected chi connectivity index (χ4v) is 2.14. The number of benzene rings is 1. The van der Waals surface area contributed by atoms with Crippen LogP contribution in [0.5, 0.6) is 5.75 Å². The topological polar surface area (TPSA) is 32.3 Å². The number of halogens is 1. The molecule has 2 nitrogen and oxygen atoms in total. The van der Waals surface area contributed by atoms with Crippen LogP contribution in [0.1, 0.15) is 39.2 Å². The first-order valence-corrected chi connectivity index (χ1v) is 6.46. The van der Waals surface area contributed by atoms with E-state index in [2.05, 4.69) is 42.0 Å². The van der Waals surface area contributed by atoms with E-state index in [1.165, 1.54) is 12.0 Å². The third kappa shape index (κ3) is 4.14. The minimum absolute atomic E-state index is 0.166. The predicted octanol–water partition coefficient (Wildman–Crippen LogP) is 3.82. The molecule has 1 aromatic rings. The van der Waals surface area contributed by atoms with Crippen LogP contribution in [0.2, 0.25) is 0 Å². The highest BCUT2D eigenvalue weighted by molar-refractivity contribution is 9.10. The molecule has 2 N–H and O–H groups in total. The van der Waals surface area contributed by atoms with Gasteiger partial charge in [-0.2, -0.15) is 0 Å². The molecule has 0 amide bonds. The normalized spacial score (nSPS) is 11.8. The van der Waals surface area contributed by atoms with Crippen LogP contribution in [0.3, 0.4) is 0 Å². The SMILES string of the molecule is CCCC(C)(C)NCc1ccc(O)c(Br)c1. The van der Waals surface area contributed by atoms with Gasteiger partial charge in [0.15, 0.2) is 0 Å². The maximum atomic E-state index is 9.39. The second-order valence-corrected chi connectivity index (χ2v) is 5.63. The van der Waals surface area contributed by atoms with E-state index in [0.717, 1.165) is 17.4 Å². The van der Waals surface area contributed by atoms with Crippen molar-refractivity contribution in [2.75, 3.05) is 0 Å². The van der Waals surface area contributed by atoms with Crippen LogP contribution in [-0.4, -0.2) is 10.6 Å². The quantitative estimate of drug-likeness (QED) is 0.862. The molecule has 1 aromatic carbocycles. The minimum atomic E-state index is 0.166. The first-order chi connectivity index (χ1) is 7.44. The molecule has 0 aliphatic rings. The zero-order valence-corrected chi connectivity index (χ0v) is 11.8. The molecule has 0 spiro atoms. The third-order valence-corrected chi connectivity index (χ3v) is 3.29. The number of phenols is 1. The molecule has 0 radical (unpaired) electrons. The Morgan fingerprint density at radius 1 is 1.38 bits per heavy atom. The maximum Gasteiger partial charge on any atom is 0.129 e. The fourth-order valence-electron chi connectivity index (χ4n) is 1.72. The third-order valence-electron chi connectivity index (χ3n) is 2.66. The lowest BCUT2D eigenvalue weighted by Gasteiger charge is -2.26. The summed E-state index contributed by atoms with van der Waals surface area (Å²) in [6.07, 6.45) is 2.34. The summed E-state index contributed by atoms with van der Waals surface area (Å²) < 4.78 is 0.750. The van der Waals surface area contributed by atoms with Crippen molar-refractivity contribution in [2.45, 2.75) is 45.7 Å². The van der Waals surface area contributed by atoms with Gasteiger partial charge in [0.25, 0.3) is 0 Å². The zero-order chi connectivity index (χ0) is 12.2. The highest BCUT2D eigenvalue weighted by Gasteiger charge is 2.15. The Labute approximate surface area is 106 Å². The number of hydrogen-bond donors (Lipinski definition) is 2. The zero-order valence-electron chi connectivity index (χ0n) is 10.2. The lowest BCUT2D eigenvalue weighted by Crippen LogP contribution is -2.38. The van der Waals surface area contributed by atoms with Crippen LogP contribution >= 0.6 is 15.9 Å². The van der Waals surface area contributed by atoms with Crippen LogP contribution in [0, 0.1) is 0 Å². The molecule has 0 saturated carbocycles. The van der Waals surface area contributed by atoms with E-state index in [1.54, 1.807) is 6.07 Å². The fraction of sp³-hybridized carbons (Fsp3) is 0.538. The molecule has 16 heavy (non-hydrogen) atoms. The average molecular weight is 286 g/mol. The van der Waals surface area contributed by atoms with Gasteiger partial charge in [-0.15, -0.1) is 0 Å². The van der Waals surface area contributed by atoms with Crippen LogP contribution in [-0.2, 0) is 6.54 Å². The lowest BCUT2D eigenvalue weighted by molar-refractivity contribution is 0.356.